The maximum atomic E-state index is 12.3. The quantitative estimate of drug-likeness (QED) is 0.630. The van der Waals surface area contributed by atoms with Crippen LogP contribution in [0.2, 0.25) is 0 Å². The average Bonchev–Trinajstić information content (AvgIpc) is 3.20. The summed E-state index contributed by atoms with van der Waals surface area (Å²) >= 11 is 0. The van der Waals surface area contributed by atoms with Crippen molar-refractivity contribution in [2.24, 2.45) is 0 Å². The third-order valence-corrected chi connectivity index (χ3v) is 6.10. The fourth-order valence-corrected chi connectivity index (χ4v) is 4.55. The van der Waals surface area contributed by atoms with E-state index >= 15 is 0 Å². The monoisotopic (exact) mass is 361 g/mol. The summed E-state index contributed by atoms with van der Waals surface area (Å²) in [6, 6.07) is 13.0. The first-order chi connectivity index (χ1) is 13.1. The van der Waals surface area contributed by atoms with Gasteiger partial charge in [0.25, 0.3) is 0 Å². The van der Waals surface area contributed by atoms with Crippen molar-refractivity contribution < 1.29 is 9.15 Å². The van der Waals surface area contributed by atoms with Gasteiger partial charge < -0.3 is 9.15 Å². The van der Waals surface area contributed by atoms with Crippen molar-refractivity contribution in [2.75, 3.05) is 6.73 Å². The third kappa shape index (κ3) is 2.59. The van der Waals surface area contributed by atoms with Crippen LogP contribution in [0.15, 0.2) is 45.6 Å². The molecule has 5 rings (SSSR count). The Bertz CT molecular complexity index is 1080. The molecule has 0 fully saturated rings. The van der Waals surface area contributed by atoms with E-state index in [1.807, 2.05) is 13.0 Å². The molecule has 2 aromatic carbocycles. The maximum absolute atomic E-state index is 12.3. The Kier molecular flexibility index (Phi) is 3.83. The van der Waals surface area contributed by atoms with Crippen LogP contribution in [-0.2, 0) is 19.4 Å². The van der Waals surface area contributed by atoms with Crippen molar-refractivity contribution in [1.29, 1.82) is 0 Å². The van der Waals surface area contributed by atoms with Gasteiger partial charge in [0, 0.05) is 34.7 Å². The molecule has 0 amide bonds. The van der Waals surface area contributed by atoms with Gasteiger partial charge in [0.2, 0.25) is 0 Å². The van der Waals surface area contributed by atoms with Gasteiger partial charge in [-0.15, -0.1) is 0 Å². The van der Waals surface area contributed by atoms with Gasteiger partial charge in [-0.2, -0.15) is 0 Å². The lowest BCUT2D eigenvalue weighted by Gasteiger charge is -2.34. The summed E-state index contributed by atoms with van der Waals surface area (Å²) in [4.78, 5) is 14.7. The van der Waals surface area contributed by atoms with Gasteiger partial charge in [0.15, 0.2) is 0 Å². The van der Waals surface area contributed by atoms with Crippen molar-refractivity contribution in [3.8, 4) is 5.75 Å². The Hall–Kier alpha value is -2.59. The predicted molar refractivity (Wildman–Crippen MR) is 105 cm³/mol. The molecule has 1 aliphatic heterocycles. The highest BCUT2D eigenvalue weighted by Crippen LogP contribution is 2.39. The number of aryl methyl sites for hydroxylation is 2. The Balaban J connectivity index is 1.59. The summed E-state index contributed by atoms with van der Waals surface area (Å²) in [6.45, 7) is 5.58. The van der Waals surface area contributed by atoms with E-state index in [1.54, 1.807) is 0 Å². The van der Waals surface area contributed by atoms with Crippen molar-refractivity contribution >= 4 is 11.0 Å². The normalized spacial score (nSPS) is 17.4. The van der Waals surface area contributed by atoms with Crippen LogP contribution in [0.3, 0.4) is 0 Å². The Labute approximate surface area is 158 Å². The fraction of sp³-hybridized carbons (Fsp3) is 0.348. The van der Waals surface area contributed by atoms with E-state index in [9.17, 15) is 4.79 Å². The first kappa shape index (κ1) is 16.6. The zero-order valence-corrected chi connectivity index (χ0v) is 15.7. The van der Waals surface area contributed by atoms with E-state index in [2.05, 4.69) is 42.2 Å². The average molecular weight is 361 g/mol. The van der Waals surface area contributed by atoms with Gasteiger partial charge in [-0.1, -0.05) is 30.3 Å². The van der Waals surface area contributed by atoms with Crippen LogP contribution in [0, 0.1) is 6.92 Å². The lowest BCUT2D eigenvalue weighted by Crippen LogP contribution is -2.34. The van der Waals surface area contributed by atoms with E-state index in [-0.39, 0.29) is 11.7 Å². The summed E-state index contributed by atoms with van der Waals surface area (Å²) < 4.78 is 11.8. The molecule has 1 atom stereocenters. The predicted octanol–water partition coefficient (Wildman–Crippen LogP) is 4.50. The highest BCUT2D eigenvalue weighted by molar-refractivity contribution is 5.87. The summed E-state index contributed by atoms with van der Waals surface area (Å²) in [5, 5.41) is 1.09. The van der Waals surface area contributed by atoms with Crippen LogP contribution in [0.4, 0.5) is 0 Å². The van der Waals surface area contributed by atoms with Crippen LogP contribution in [0.5, 0.6) is 5.75 Å². The van der Waals surface area contributed by atoms with Gasteiger partial charge in [-0.05, 0) is 50.3 Å². The molecular weight excluding hydrogens is 338 g/mol. The zero-order valence-electron chi connectivity index (χ0n) is 15.7. The topological polar surface area (TPSA) is 42.7 Å². The van der Waals surface area contributed by atoms with Gasteiger partial charge in [0.05, 0.1) is 0 Å². The minimum Gasteiger partial charge on any atom is -0.477 e. The molecule has 138 valence electrons. The van der Waals surface area contributed by atoms with E-state index in [0.29, 0.717) is 12.3 Å². The zero-order chi connectivity index (χ0) is 18.5. The van der Waals surface area contributed by atoms with Crippen molar-refractivity contribution in [2.45, 2.75) is 45.7 Å². The van der Waals surface area contributed by atoms with Crippen molar-refractivity contribution in [3.05, 3.63) is 74.6 Å². The Morgan fingerprint density at radius 1 is 1.11 bits per heavy atom. The molecule has 4 nitrogen and oxygen atoms in total. The molecule has 0 radical (unpaired) electrons. The molecule has 1 aromatic heterocycles. The molecule has 3 aromatic rings. The van der Waals surface area contributed by atoms with Crippen LogP contribution in [0.1, 0.15) is 47.2 Å². The molecule has 2 aliphatic rings. The summed E-state index contributed by atoms with van der Waals surface area (Å²) in [7, 11) is 0. The first-order valence-electron chi connectivity index (χ1n) is 9.66. The number of fused-ring (bicyclic) bond motifs is 4. The fourth-order valence-electron chi connectivity index (χ4n) is 4.55. The standard InChI is InChI=1S/C23H23NO3/c1-14-21-17(11-20-18-9-6-10-19(18)23(25)27-22(14)20)12-24(13-26-21)15(2)16-7-4-3-5-8-16/h3-5,7-8,11,15H,6,9-10,12-13H2,1-2H3/t15-/m0/s1. The number of benzene rings is 2. The highest BCUT2D eigenvalue weighted by atomic mass is 16.5. The number of ether oxygens (including phenoxy) is 1. The third-order valence-electron chi connectivity index (χ3n) is 6.10. The largest absolute Gasteiger partial charge is 0.477 e. The van der Waals surface area contributed by atoms with Crippen LogP contribution >= 0.6 is 0 Å². The van der Waals surface area contributed by atoms with Gasteiger partial charge in [-0.3, -0.25) is 4.90 Å². The molecule has 0 saturated carbocycles. The molecule has 2 heterocycles. The molecule has 0 saturated heterocycles. The van der Waals surface area contributed by atoms with Crippen LogP contribution in [0.25, 0.3) is 11.0 Å². The summed E-state index contributed by atoms with van der Waals surface area (Å²) in [5.41, 5.74) is 5.98. The molecule has 1 aliphatic carbocycles. The Morgan fingerprint density at radius 3 is 2.70 bits per heavy atom. The second-order valence-electron chi connectivity index (χ2n) is 7.67. The molecule has 0 unspecified atom stereocenters. The lowest BCUT2D eigenvalue weighted by molar-refractivity contribution is 0.0613. The first-order valence-corrected chi connectivity index (χ1v) is 9.66. The summed E-state index contributed by atoms with van der Waals surface area (Å²) in [5.74, 6) is 0.875. The smallest absolute Gasteiger partial charge is 0.339 e. The van der Waals surface area contributed by atoms with Crippen molar-refractivity contribution in [1.82, 2.24) is 4.90 Å². The second kappa shape index (κ2) is 6.24. The van der Waals surface area contributed by atoms with E-state index in [4.69, 9.17) is 9.15 Å². The molecule has 0 spiro atoms. The lowest BCUT2D eigenvalue weighted by atomic mass is 9.98. The minimum atomic E-state index is -0.173. The number of hydrogen-bond acceptors (Lipinski definition) is 4. The number of rotatable bonds is 2. The van der Waals surface area contributed by atoms with E-state index < -0.39 is 0 Å². The molecule has 4 heteroatoms. The number of nitrogens with zero attached hydrogens (tertiary/aromatic N) is 1. The van der Waals surface area contributed by atoms with Gasteiger partial charge in [0.1, 0.15) is 18.1 Å². The van der Waals surface area contributed by atoms with Crippen LogP contribution < -0.4 is 10.4 Å². The number of hydrogen-bond donors (Lipinski definition) is 0. The van der Waals surface area contributed by atoms with Gasteiger partial charge in [-0.25, -0.2) is 4.79 Å². The van der Waals surface area contributed by atoms with E-state index in [1.165, 1.54) is 16.7 Å². The Morgan fingerprint density at radius 2 is 1.89 bits per heavy atom. The second-order valence-corrected chi connectivity index (χ2v) is 7.67. The molecular formula is C23H23NO3. The molecule has 0 N–H and O–H groups in total. The molecule has 27 heavy (non-hydrogen) atoms. The van der Waals surface area contributed by atoms with Crippen LogP contribution in [-0.4, -0.2) is 11.6 Å². The molecule has 0 bridgehead atoms. The summed E-state index contributed by atoms with van der Waals surface area (Å²) in [6.07, 6.45) is 2.82. The highest BCUT2D eigenvalue weighted by Gasteiger charge is 2.28. The van der Waals surface area contributed by atoms with Crippen molar-refractivity contribution in [3.63, 3.8) is 0 Å². The minimum absolute atomic E-state index is 0.173. The SMILES string of the molecule is Cc1c2c(cc3c4c(c(=O)oc13)CCC4)CN([C@@H](C)c1ccccc1)CO2. The van der Waals surface area contributed by atoms with Gasteiger partial charge >= 0.3 is 5.63 Å². The van der Waals surface area contributed by atoms with E-state index in [0.717, 1.165) is 48.1 Å². The maximum Gasteiger partial charge on any atom is 0.339 e.